The summed E-state index contributed by atoms with van der Waals surface area (Å²) < 4.78 is 5.86. The highest BCUT2D eigenvalue weighted by Gasteiger charge is 2.45. The van der Waals surface area contributed by atoms with Crippen LogP contribution in [0.4, 0.5) is 0 Å². The summed E-state index contributed by atoms with van der Waals surface area (Å²) in [6.45, 7) is 4.25. The predicted molar refractivity (Wildman–Crippen MR) is 94.0 cm³/mol. The molecule has 1 amide bonds. The Balaban J connectivity index is 1.18. The lowest BCUT2D eigenvalue weighted by Crippen LogP contribution is -2.51. The number of nitrogens with zero attached hydrogens (tertiary/aromatic N) is 3. The van der Waals surface area contributed by atoms with Gasteiger partial charge in [0.25, 0.3) is 0 Å². The number of H-pyrrole nitrogens is 1. The number of aromatic nitrogens is 2. The van der Waals surface area contributed by atoms with Crippen LogP contribution >= 0.6 is 0 Å². The number of piperazine rings is 1. The fourth-order valence-electron chi connectivity index (χ4n) is 4.55. The Kier molecular flexibility index (Phi) is 3.75. The maximum absolute atomic E-state index is 12.8. The summed E-state index contributed by atoms with van der Waals surface area (Å²) in [6, 6.07) is 8.12. The van der Waals surface area contributed by atoms with E-state index < -0.39 is 0 Å². The summed E-state index contributed by atoms with van der Waals surface area (Å²) in [4.78, 5) is 25.2. The largest absolute Gasteiger partial charge is 0.374 e. The number of ether oxygens (including phenoxy) is 1. The van der Waals surface area contributed by atoms with Gasteiger partial charge in [-0.05, 0) is 31.4 Å². The Morgan fingerprint density at radius 1 is 1.20 bits per heavy atom. The molecular formula is C19H24N4O2. The van der Waals surface area contributed by atoms with Gasteiger partial charge in [-0.15, -0.1) is 0 Å². The molecule has 4 heterocycles. The minimum atomic E-state index is 0.112. The molecule has 3 saturated heterocycles. The van der Waals surface area contributed by atoms with Gasteiger partial charge in [-0.1, -0.05) is 12.1 Å². The van der Waals surface area contributed by atoms with Gasteiger partial charge in [0.2, 0.25) is 5.91 Å². The highest BCUT2D eigenvalue weighted by Crippen LogP contribution is 2.39. The molecule has 132 valence electrons. The standard InChI is InChI=1S/C19H24N4O2/c24-19(14-11-13-5-6-17(14)25-13)23-9-7-22(8-10-23)12-18-20-15-3-1-2-4-16(15)21-18/h1-4,13-14,17H,5-12H2,(H,20,21)/t13-,14+,17-/m1/s1. The first kappa shape index (κ1) is 15.3. The van der Waals surface area contributed by atoms with Crippen LogP contribution in [0, 0.1) is 5.92 Å². The smallest absolute Gasteiger partial charge is 0.228 e. The topological polar surface area (TPSA) is 61.5 Å². The Bertz CT molecular complexity index is 748. The first-order valence-electron chi connectivity index (χ1n) is 9.36. The van der Waals surface area contributed by atoms with Crippen LogP contribution in [0.5, 0.6) is 0 Å². The van der Waals surface area contributed by atoms with Crippen LogP contribution in [-0.4, -0.2) is 64.1 Å². The van der Waals surface area contributed by atoms with Gasteiger partial charge >= 0.3 is 0 Å². The Morgan fingerprint density at radius 2 is 2.04 bits per heavy atom. The van der Waals surface area contributed by atoms with Crippen LogP contribution in [0.1, 0.15) is 25.1 Å². The molecule has 0 spiro atoms. The average Bonchev–Trinajstić information content (AvgIpc) is 3.36. The third kappa shape index (κ3) is 2.83. The molecule has 3 fully saturated rings. The van der Waals surface area contributed by atoms with E-state index in [1.165, 1.54) is 0 Å². The Hall–Kier alpha value is -1.92. The molecule has 0 aliphatic carbocycles. The number of hydrogen-bond acceptors (Lipinski definition) is 4. The summed E-state index contributed by atoms with van der Waals surface area (Å²) in [6.07, 6.45) is 3.66. The van der Waals surface area contributed by atoms with Crippen molar-refractivity contribution in [1.82, 2.24) is 19.8 Å². The number of fused-ring (bicyclic) bond motifs is 3. The molecule has 1 aromatic heterocycles. The average molecular weight is 340 g/mol. The fourth-order valence-corrected chi connectivity index (χ4v) is 4.55. The van der Waals surface area contributed by atoms with Crippen molar-refractivity contribution >= 4 is 16.9 Å². The van der Waals surface area contributed by atoms with Gasteiger partial charge in [-0.2, -0.15) is 0 Å². The van der Waals surface area contributed by atoms with Gasteiger partial charge in [0.05, 0.1) is 35.7 Å². The number of imidazole rings is 1. The second-order valence-electron chi connectivity index (χ2n) is 7.52. The van der Waals surface area contributed by atoms with Gasteiger partial charge in [0.15, 0.2) is 0 Å². The number of benzene rings is 1. The molecule has 0 unspecified atom stereocenters. The zero-order chi connectivity index (χ0) is 16.8. The molecule has 25 heavy (non-hydrogen) atoms. The summed E-state index contributed by atoms with van der Waals surface area (Å²) in [5.41, 5.74) is 2.10. The zero-order valence-corrected chi connectivity index (χ0v) is 14.4. The van der Waals surface area contributed by atoms with Crippen molar-refractivity contribution < 1.29 is 9.53 Å². The summed E-state index contributed by atoms with van der Waals surface area (Å²) in [7, 11) is 0. The normalized spacial score (nSPS) is 29.6. The van der Waals surface area contributed by atoms with E-state index in [1.54, 1.807) is 0 Å². The lowest BCUT2D eigenvalue weighted by atomic mass is 9.88. The van der Waals surface area contributed by atoms with Crippen molar-refractivity contribution in [1.29, 1.82) is 0 Å². The Labute approximate surface area is 147 Å². The molecule has 3 atom stereocenters. The molecule has 3 aliphatic rings. The molecule has 1 aromatic carbocycles. The first-order chi connectivity index (χ1) is 12.3. The number of para-hydroxylation sites is 2. The maximum atomic E-state index is 12.8. The van der Waals surface area contributed by atoms with E-state index in [-0.39, 0.29) is 12.0 Å². The quantitative estimate of drug-likeness (QED) is 0.925. The molecular weight excluding hydrogens is 316 g/mol. The van der Waals surface area contributed by atoms with E-state index in [1.807, 2.05) is 23.1 Å². The van der Waals surface area contributed by atoms with Crippen LogP contribution in [0.3, 0.4) is 0 Å². The highest BCUT2D eigenvalue weighted by molar-refractivity contribution is 5.80. The van der Waals surface area contributed by atoms with Gasteiger partial charge < -0.3 is 14.6 Å². The zero-order valence-electron chi connectivity index (χ0n) is 14.4. The Morgan fingerprint density at radius 3 is 2.76 bits per heavy atom. The number of aromatic amines is 1. The molecule has 2 bridgehead atoms. The molecule has 6 nitrogen and oxygen atoms in total. The van der Waals surface area contributed by atoms with Gasteiger partial charge in [0.1, 0.15) is 5.82 Å². The van der Waals surface area contributed by atoms with Crippen LogP contribution in [0.15, 0.2) is 24.3 Å². The van der Waals surface area contributed by atoms with Crippen molar-refractivity contribution in [2.75, 3.05) is 26.2 Å². The molecule has 1 N–H and O–H groups in total. The predicted octanol–water partition coefficient (Wildman–Crippen LogP) is 1.77. The van der Waals surface area contributed by atoms with E-state index in [0.29, 0.717) is 12.0 Å². The van der Waals surface area contributed by atoms with Crippen LogP contribution < -0.4 is 0 Å². The molecule has 5 rings (SSSR count). The van der Waals surface area contributed by atoms with Crippen molar-refractivity contribution in [3.05, 3.63) is 30.1 Å². The highest BCUT2D eigenvalue weighted by atomic mass is 16.5. The number of hydrogen-bond donors (Lipinski definition) is 1. The van der Waals surface area contributed by atoms with E-state index in [2.05, 4.69) is 20.9 Å². The molecule has 0 radical (unpaired) electrons. The third-order valence-corrected chi connectivity index (χ3v) is 5.92. The lowest BCUT2D eigenvalue weighted by molar-refractivity contribution is -0.139. The summed E-state index contributed by atoms with van der Waals surface area (Å²) in [5, 5.41) is 0. The van der Waals surface area contributed by atoms with Gasteiger partial charge in [0, 0.05) is 26.2 Å². The van der Waals surface area contributed by atoms with Crippen molar-refractivity contribution in [2.24, 2.45) is 5.92 Å². The van der Waals surface area contributed by atoms with E-state index in [0.717, 1.165) is 68.8 Å². The van der Waals surface area contributed by atoms with Crippen LogP contribution in [0.2, 0.25) is 0 Å². The lowest BCUT2D eigenvalue weighted by Gasteiger charge is -2.36. The summed E-state index contributed by atoms with van der Waals surface area (Å²) in [5.74, 6) is 1.43. The maximum Gasteiger partial charge on any atom is 0.228 e. The minimum absolute atomic E-state index is 0.112. The molecule has 2 aromatic rings. The van der Waals surface area contributed by atoms with Crippen molar-refractivity contribution in [3.63, 3.8) is 0 Å². The fraction of sp³-hybridized carbons (Fsp3) is 0.579. The molecule has 0 saturated carbocycles. The summed E-state index contributed by atoms with van der Waals surface area (Å²) >= 11 is 0. The third-order valence-electron chi connectivity index (χ3n) is 5.92. The molecule has 6 heteroatoms. The monoisotopic (exact) mass is 340 g/mol. The SMILES string of the molecule is O=C([C@H]1C[C@H]2CC[C@H]1O2)N1CCN(Cc2nc3ccccc3[nH]2)CC1. The van der Waals surface area contributed by atoms with Gasteiger partial charge in [-0.25, -0.2) is 4.98 Å². The number of amides is 1. The number of carbonyl (C=O) groups excluding carboxylic acids is 1. The second kappa shape index (κ2) is 6.11. The minimum Gasteiger partial charge on any atom is -0.374 e. The van der Waals surface area contributed by atoms with Crippen molar-refractivity contribution in [3.8, 4) is 0 Å². The first-order valence-corrected chi connectivity index (χ1v) is 9.36. The van der Waals surface area contributed by atoms with Crippen molar-refractivity contribution in [2.45, 2.75) is 38.0 Å². The van der Waals surface area contributed by atoms with Crippen LogP contribution in [-0.2, 0) is 16.1 Å². The second-order valence-corrected chi connectivity index (χ2v) is 7.52. The van der Waals surface area contributed by atoms with E-state index in [4.69, 9.17) is 4.74 Å². The number of rotatable bonds is 3. The van der Waals surface area contributed by atoms with E-state index >= 15 is 0 Å². The van der Waals surface area contributed by atoms with Gasteiger partial charge in [-0.3, -0.25) is 9.69 Å². The van der Waals surface area contributed by atoms with E-state index in [9.17, 15) is 4.79 Å². The molecule has 3 aliphatic heterocycles. The number of nitrogens with one attached hydrogen (secondary N) is 1. The van der Waals surface area contributed by atoms with Crippen LogP contribution in [0.25, 0.3) is 11.0 Å². The number of carbonyl (C=O) groups is 1.